The van der Waals surface area contributed by atoms with E-state index in [0.29, 0.717) is 10.8 Å². The zero-order valence-corrected chi connectivity index (χ0v) is 16.6. The molecular weight excluding hydrogens is 364 g/mol. The first-order chi connectivity index (χ1) is 12.6. The van der Waals surface area contributed by atoms with Crippen LogP contribution >= 0.6 is 0 Å². The van der Waals surface area contributed by atoms with Gasteiger partial charge in [-0.1, -0.05) is 57.2 Å². The fourth-order valence-corrected chi connectivity index (χ4v) is 2.81. The fourth-order valence-electron chi connectivity index (χ4n) is 2.52. The second-order valence-corrected chi connectivity index (χ2v) is 8.35. The Hall–Kier alpha value is -2.22. The largest absolute Gasteiger partial charge is 0.372 e. The van der Waals surface area contributed by atoms with Crippen LogP contribution in [0, 0.1) is 0 Å². The van der Waals surface area contributed by atoms with E-state index in [-0.39, 0.29) is 30.2 Å². The van der Waals surface area contributed by atoms with Crippen LogP contribution in [0.1, 0.15) is 37.5 Å². The molecule has 7 heteroatoms. The Bertz CT molecular complexity index is 783. The number of nitrogens with zero attached hydrogens (tertiary/aromatic N) is 1. The minimum absolute atomic E-state index is 0.0544. The topological polar surface area (TPSA) is 89.9 Å². The van der Waals surface area contributed by atoms with E-state index < -0.39 is 11.1 Å². The summed E-state index contributed by atoms with van der Waals surface area (Å²) in [5.41, 5.74) is 3.54. The molecule has 0 fully saturated rings. The Morgan fingerprint density at radius 2 is 1.59 bits per heavy atom. The lowest BCUT2D eigenvalue weighted by Crippen LogP contribution is -2.28. The number of amides is 1. The lowest BCUT2D eigenvalue weighted by molar-refractivity contribution is -0.167. The van der Waals surface area contributed by atoms with Crippen LogP contribution in [0.15, 0.2) is 48.5 Å². The molecule has 0 radical (unpaired) electrons. The normalized spacial score (nSPS) is 12.5. The van der Waals surface area contributed by atoms with Crippen LogP contribution in [-0.4, -0.2) is 30.8 Å². The van der Waals surface area contributed by atoms with Crippen molar-refractivity contribution in [1.29, 1.82) is 0 Å². The van der Waals surface area contributed by atoms with Crippen molar-refractivity contribution >= 4 is 22.7 Å². The molecule has 0 spiro atoms. The smallest absolute Gasteiger partial charge is 0.250 e. The fraction of sp³-hybridized carbons (Fsp3) is 0.350. The predicted molar refractivity (Wildman–Crippen MR) is 107 cm³/mol. The van der Waals surface area contributed by atoms with E-state index in [4.69, 9.17) is 4.55 Å². The quantitative estimate of drug-likeness (QED) is 0.382. The highest BCUT2D eigenvalue weighted by molar-refractivity contribution is 7.79. The van der Waals surface area contributed by atoms with Crippen molar-refractivity contribution in [2.75, 3.05) is 11.2 Å². The average molecular weight is 391 g/mol. The molecule has 0 saturated heterocycles. The highest BCUT2D eigenvalue weighted by Gasteiger charge is 2.15. The van der Waals surface area contributed by atoms with Gasteiger partial charge in [-0.3, -0.25) is 10.0 Å². The number of carbonyl (C=O) groups is 1. The summed E-state index contributed by atoms with van der Waals surface area (Å²) in [6, 6.07) is 14.8. The van der Waals surface area contributed by atoms with E-state index in [1.165, 1.54) is 5.56 Å². The molecule has 3 N–H and O–H groups in total. The lowest BCUT2D eigenvalue weighted by atomic mass is 9.86. The molecule has 2 aromatic carbocycles. The summed E-state index contributed by atoms with van der Waals surface area (Å²) in [7, 11) is 0. The van der Waals surface area contributed by atoms with Crippen molar-refractivity contribution in [3.8, 4) is 0 Å². The second-order valence-electron chi connectivity index (χ2n) is 7.41. The van der Waals surface area contributed by atoms with E-state index in [1.54, 1.807) is 24.3 Å². The third-order valence-corrected chi connectivity index (χ3v) is 4.54. The Kier molecular flexibility index (Phi) is 7.12. The van der Waals surface area contributed by atoms with Gasteiger partial charge < -0.3 is 9.87 Å². The minimum Gasteiger partial charge on any atom is -0.372 e. The number of hydroxylamine groups is 2. The highest BCUT2D eigenvalue weighted by atomic mass is 32.2. The molecule has 1 atom stereocenters. The van der Waals surface area contributed by atoms with Crippen molar-refractivity contribution in [2.45, 2.75) is 39.2 Å². The van der Waals surface area contributed by atoms with Crippen molar-refractivity contribution in [3.63, 3.8) is 0 Å². The Labute approximate surface area is 162 Å². The first kappa shape index (κ1) is 21.1. The van der Waals surface area contributed by atoms with E-state index in [9.17, 15) is 14.2 Å². The molecule has 2 aromatic rings. The standard InChI is InChI=1S/C20H26N2O4S/c1-20(2,3)17-8-4-15(5-9-17)12-19(23)22(24)13-16-6-10-18(11-7-16)21-14-27(25)26/h4-11,21,24H,12-14H2,1-3H3,(H,25,26). The molecule has 1 amide bonds. The van der Waals surface area contributed by atoms with Crippen LogP contribution < -0.4 is 5.32 Å². The van der Waals surface area contributed by atoms with E-state index in [2.05, 4.69) is 26.1 Å². The van der Waals surface area contributed by atoms with Gasteiger partial charge in [-0.15, -0.1) is 0 Å². The molecular formula is C20H26N2O4S. The summed E-state index contributed by atoms with van der Waals surface area (Å²) in [5.74, 6) is -0.436. The maximum atomic E-state index is 12.2. The molecule has 0 aliphatic rings. The minimum atomic E-state index is -1.92. The molecule has 6 nitrogen and oxygen atoms in total. The number of carbonyl (C=O) groups excluding carboxylic acids is 1. The number of hydrogen-bond donors (Lipinski definition) is 3. The van der Waals surface area contributed by atoms with E-state index in [0.717, 1.165) is 11.1 Å². The molecule has 146 valence electrons. The second kappa shape index (κ2) is 9.12. The first-order valence-electron chi connectivity index (χ1n) is 8.64. The van der Waals surface area contributed by atoms with Crippen molar-refractivity contribution in [1.82, 2.24) is 5.06 Å². The zero-order valence-electron chi connectivity index (χ0n) is 15.8. The highest BCUT2D eigenvalue weighted by Crippen LogP contribution is 2.22. The maximum Gasteiger partial charge on any atom is 0.250 e. The molecule has 2 rings (SSSR count). The zero-order chi connectivity index (χ0) is 20.0. The molecule has 27 heavy (non-hydrogen) atoms. The van der Waals surface area contributed by atoms with Crippen molar-refractivity contribution in [3.05, 3.63) is 65.2 Å². The van der Waals surface area contributed by atoms with Crippen LogP contribution in [0.4, 0.5) is 5.69 Å². The number of nitrogens with one attached hydrogen (secondary N) is 1. The summed E-state index contributed by atoms with van der Waals surface area (Å²) in [4.78, 5) is 12.2. The SMILES string of the molecule is CC(C)(C)c1ccc(CC(=O)N(O)Cc2ccc(NCS(=O)O)cc2)cc1. The van der Waals surface area contributed by atoms with Gasteiger partial charge in [0.25, 0.3) is 5.91 Å². The Morgan fingerprint density at radius 1 is 1.04 bits per heavy atom. The van der Waals surface area contributed by atoms with Gasteiger partial charge in [0, 0.05) is 5.69 Å². The summed E-state index contributed by atoms with van der Waals surface area (Å²) in [5, 5.41) is 13.6. The van der Waals surface area contributed by atoms with Crippen molar-refractivity contribution in [2.24, 2.45) is 0 Å². The van der Waals surface area contributed by atoms with E-state index >= 15 is 0 Å². The average Bonchev–Trinajstić information content (AvgIpc) is 2.60. The summed E-state index contributed by atoms with van der Waals surface area (Å²) in [6.07, 6.45) is 0.128. The van der Waals surface area contributed by atoms with Crippen LogP contribution in [0.25, 0.3) is 0 Å². The van der Waals surface area contributed by atoms with Gasteiger partial charge >= 0.3 is 0 Å². The van der Waals surface area contributed by atoms with Gasteiger partial charge in [-0.2, -0.15) is 0 Å². The Balaban J connectivity index is 1.90. The van der Waals surface area contributed by atoms with Gasteiger partial charge in [0.2, 0.25) is 0 Å². The van der Waals surface area contributed by atoms with Gasteiger partial charge in [-0.25, -0.2) is 9.27 Å². The molecule has 0 aliphatic heterocycles. The molecule has 0 saturated carbocycles. The number of hydrogen-bond acceptors (Lipinski definition) is 4. The van der Waals surface area contributed by atoms with Gasteiger partial charge in [0.05, 0.1) is 13.0 Å². The number of rotatable bonds is 7. The Morgan fingerprint density at radius 3 is 2.11 bits per heavy atom. The molecule has 0 aliphatic carbocycles. The molecule has 1 unspecified atom stereocenters. The molecule has 0 bridgehead atoms. The number of benzene rings is 2. The summed E-state index contributed by atoms with van der Waals surface area (Å²) < 4.78 is 19.4. The predicted octanol–water partition coefficient (Wildman–Crippen LogP) is 3.54. The van der Waals surface area contributed by atoms with Gasteiger partial charge in [0.1, 0.15) is 5.88 Å². The van der Waals surface area contributed by atoms with Crippen LogP contribution in [0.3, 0.4) is 0 Å². The van der Waals surface area contributed by atoms with Gasteiger partial charge in [0.15, 0.2) is 11.1 Å². The molecule has 0 aromatic heterocycles. The summed E-state index contributed by atoms with van der Waals surface area (Å²) in [6.45, 7) is 6.47. The van der Waals surface area contributed by atoms with Crippen LogP contribution in [-0.2, 0) is 34.3 Å². The van der Waals surface area contributed by atoms with Gasteiger partial charge in [-0.05, 0) is 34.2 Å². The molecule has 0 heterocycles. The third kappa shape index (κ3) is 6.78. The third-order valence-electron chi connectivity index (χ3n) is 4.15. The van der Waals surface area contributed by atoms with Crippen LogP contribution in [0.5, 0.6) is 0 Å². The lowest BCUT2D eigenvalue weighted by Gasteiger charge is -2.19. The van der Waals surface area contributed by atoms with Crippen molar-refractivity contribution < 1.29 is 18.8 Å². The monoisotopic (exact) mass is 390 g/mol. The first-order valence-corrected chi connectivity index (χ1v) is 9.91. The summed E-state index contributed by atoms with van der Waals surface area (Å²) >= 11 is -1.92. The maximum absolute atomic E-state index is 12.2. The van der Waals surface area contributed by atoms with E-state index in [1.807, 2.05) is 24.3 Å². The van der Waals surface area contributed by atoms with Crippen LogP contribution in [0.2, 0.25) is 0 Å². The number of anilines is 1.